The molecule has 2 aromatic rings. The fraction of sp³-hybridized carbons (Fsp3) is 0.294. The van der Waals surface area contributed by atoms with E-state index >= 15 is 0 Å². The Bertz CT molecular complexity index is 664. The van der Waals surface area contributed by atoms with Gasteiger partial charge in [-0.2, -0.15) is 0 Å². The molecule has 5 heteroatoms. The van der Waals surface area contributed by atoms with E-state index in [9.17, 15) is 4.79 Å². The summed E-state index contributed by atoms with van der Waals surface area (Å²) >= 11 is 0. The Hall–Kier alpha value is -2.56. The first-order chi connectivity index (χ1) is 10.6. The average molecular weight is 296 g/mol. The lowest BCUT2D eigenvalue weighted by atomic mass is 10.2. The molecule has 2 N–H and O–H groups in total. The molecule has 1 aliphatic rings. The maximum absolute atomic E-state index is 12.4. The monoisotopic (exact) mass is 296 g/mol. The van der Waals surface area contributed by atoms with Crippen LogP contribution in [-0.2, 0) is 0 Å². The highest BCUT2D eigenvalue weighted by Crippen LogP contribution is 2.18. The van der Waals surface area contributed by atoms with Crippen molar-refractivity contribution in [2.75, 3.05) is 36.8 Å². The average Bonchev–Trinajstić information content (AvgIpc) is 2.58. The summed E-state index contributed by atoms with van der Waals surface area (Å²) in [5.41, 5.74) is 8.12. The van der Waals surface area contributed by atoms with Crippen LogP contribution in [0.3, 0.4) is 0 Å². The first-order valence-electron chi connectivity index (χ1n) is 7.47. The van der Waals surface area contributed by atoms with Crippen molar-refractivity contribution in [1.82, 2.24) is 9.88 Å². The summed E-state index contributed by atoms with van der Waals surface area (Å²) in [4.78, 5) is 21.0. The number of rotatable bonds is 2. The van der Waals surface area contributed by atoms with E-state index in [0.717, 1.165) is 30.2 Å². The summed E-state index contributed by atoms with van der Waals surface area (Å²) in [7, 11) is 0. The molecule has 0 bridgehead atoms. The molecule has 2 heterocycles. The van der Waals surface area contributed by atoms with E-state index < -0.39 is 0 Å². The fourth-order valence-electron chi connectivity index (χ4n) is 2.64. The van der Waals surface area contributed by atoms with Crippen LogP contribution in [0.4, 0.5) is 11.5 Å². The van der Waals surface area contributed by atoms with Gasteiger partial charge in [-0.3, -0.25) is 4.79 Å². The summed E-state index contributed by atoms with van der Waals surface area (Å²) in [5, 5.41) is 0. The lowest BCUT2D eigenvalue weighted by Crippen LogP contribution is -2.49. The molecule has 1 aliphatic heterocycles. The topological polar surface area (TPSA) is 62.5 Å². The van der Waals surface area contributed by atoms with Crippen LogP contribution in [0.25, 0.3) is 0 Å². The largest absolute Gasteiger partial charge is 0.397 e. The van der Waals surface area contributed by atoms with Gasteiger partial charge < -0.3 is 15.5 Å². The van der Waals surface area contributed by atoms with Crippen molar-refractivity contribution >= 4 is 17.4 Å². The molecule has 5 nitrogen and oxygen atoms in total. The molecular weight excluding hydrogens is 276 g/mol. The van der Waals surface area contributed by atoms with Crippen molar-refractivity contribution in [3.05, 3.63) is 53.7 Å². The number of pyridine rings is 1. The summed E-state index contributed by atoms with van der Waals surface area (Å²) in [6, 6.07) is 13.3. The van der Waals surface area contributed by atoms with Crippen LogP contribution in [0, 0.1) is 6.92 Å². The molecule has 22 heavy (non-hydrogen) atoms. The molecule has 0 aliphatic carbocycles. The van der Waals surface area contributed by atoms with Crippen LogP contribution >= 0.6 is 0 Å². The lowest BCUT2D eigenvalue weighted by molar-refractivity contribution is 0.0746. The van der Waals surface area contributed by atoms with Gasteiger partial charge in [0.2, 0.25) is 0 Å². The number of hydrogen-bond acceptors (Lipinski definition) is 4. The molecule has 1 fully saturated rings. The predicted octanol–water partition coefficient (Wildman–Crippen LogP) is 1.93. The van der Waals surface area contributed by atoms with Gasteiger partial charge in [0, 0.05) is 31.7 Å². The van der Waals surface area contributed by atoms with Crippen LogP contribution < -0.4 is 10.6 Å². The van der Waals surface area contributed by atoms with Gasteiger partial charge >= 0.3 is 0 Å². The van der Waals surface area contributed by atoms with Crippen molar-refractivity contribution in [3.8, 4) is 0 Å². The third-order valence-corrected chi connectivity index (χ3v) is 4.02. The van der Waals surface area contributed by atoms with E-state index in [1.54, 1.807) is 0 Å². The van der Waals surface area contributed by atoms with Gasteiger partial charge in [0.25, 0.3) is 5.91 Å². The molecule has 0 atom stereocenters. The van der Waals surface area contributed by atoms with Crippen LogP contribution in [0.2, 0.25) is 0 Å². The number of piperazine rings is 1. The second kappa shape index (κ2) is 6.05. The fourth-order valence-corrected chi connectivity index (χ4v) is 2.64. The van der Waals surface area contributed by atoms with Crippen molar-refractivity contribution in [1.29, 1.82) is 0 Å². The SMILES string of the molecule is Cc1nc(N2CCN(C(=O)c3ccccc3)CC2)ccc1N. The van der Waals surface area contributed by atoms with Crippen LogP contribution in [0.15, 0.2) is 42.5 Å². The minimum Gasteiger partial charge on any atom is -0.397 e. The second-order valence-electron chi connectivity index (χ2n) is 5.49. The number of nitrogens with two attached hydrogens (primary N) is 1. The van der Waals surface area contributed by atoms with Gasteiger partial charge in [0.15, 0.2) is 0 Å². The van der Waals surface area contributed by atoms with Crippen molar-refractivity contribution < 1.29 is 4.79 Å². The van der Waals surface area contributed by atoms with Crippen LogP contribution in [-0.4, -0.2) is 42.0 Å². The number of anilines is 2. The lowest BCUT2D eigenvalue weighted by Gasteiger charge is -2.35. The Morgan fingerprint density at radius 3 is 2.36 bits per heavy atom. The van der Waals surface area contributed by atoms with E-state index in [1.807, 2.05) is 54.3 Å². The summed E-state index contributed by atoms with van der Waals surface area (Å²) in [6.45, 7) is 4.90. The van der Waals surface area contributed by atoms with Gasteiger partial charge in [-0.05, 0) is 31.2 Å². The highest BCUT2D eigenvalue weighted by atomic mass is 16.2. The van der Waals surface area contributed by atoms with Gasteiger partial charge in [-0.25, -0.2) is 4.98 Å². The normalized spacial score (nSPS) is 15.0. The van der Waals surface area contributed by atoms with Gasteiger partial charge in [-0.15, -0.1) is 0 Å². The smallest absolute Gasteiger partial charge is 0.253 e. The maximum atomic E-state index is 12.4. The Morgan fingerprint density at radius 1 is 1.05 bits per heavy atom. The minimum absolute atomic E-state index is 0.0988. The Kier molecular flexibility index (Phi) is 3.96. The predicted molar refractivity (Wildman–Crippen MR) is 87.9 cm³/mol. The zero-order valence-corrected chi connectivity index (χ0v) is 12.7. The minimum atomic E-state index is 0.0988. The standard InChI is InChI=1S/C17H20N4O/c1-13-15(18)7-8-16(19-13)20-9-11-21(12-10-20)17(22)14-5-3-2-4-6-14/h2-8H,9-12,18H2,1H3. The molecule has 1 amide bonds. The molecule has 1 aromatic heterocycles. The highest BCUT2D eigenvalue weighted by Gasteiger charge is 2.22. The van der Waals surface area contributed by atoms with Crippen molar-refractivity contribution in [3.63, 3.8) is 0 Å². The summed E-state index contributed by atoms with van der Waals surface area (Å²) in [6.07, 6.45) is 0. The Balaban J connectivity index is 1.65. The number of carbonyl (C=O) groups is 1. The number of carbonyl (C=O) groups excluding carboxylic acids is 1. The molecule has 114 valence electrons. The van der Waals surface area contributed by atoms with Crippen molar-refractivity contribution in [2.24, 2.45) is 0 Å². The van der Waals surface area contributed by atoms with Crippen molar-refractivity contribution in [2.45, 2.75) is 6.92 Å². The number of nitrogen functional groups attached to an aromatic ring is 1. The van der Waals surface area contributed by atoms with Crippen LogP contribution in [0.1, 0.15) is 16.1 Å². The molecule has 3 rings (SSSR count). The molecule has 0 radical (unpaired) electrons. The summed E-state index contributed by atoms with van der Waals surface area (Å²) < 4.78 is 0. The number of aromatic nitrogens is 1. The molecule has 1 saturated heterocycles. The number of hydrogen-bond donors (Lipinski definition) is 1. The molecular formula is C17H20N4O. The number of benzene rings is 1. The third-order valence-electron chi connectivity index (χ3n) is 4.02. The van der Waals surface area contributed by atoms with E-state index in [-0.39, 0.29) is 5.91 Å². The molecule has 0 unspecified atom stereocenters. The Morgan fingerprint density at radius 2 is 1.73 bits per heavy atom. The first kappa shape index (κ1) is 14.4. The van der Waals surface area contributed by atoms with E-state index in [4.69, 9.17) is 5.73 Å². The van der Waals surface area contributed by atoms with Gasteiger partial charge in [0.1, 0.15) is 5.82 Å². The zero-order chi connectivity index (χ0) is 15.5. The number of aryl methyl sites for hydroxylation is 1. The highest BCUT2D eigenvalue weighted by molar-refractivity contribution is 5.94. The summed E-state index contributed by atoms with van der Waals surface area (Å²) in [5.74, 6) is 1.03. The van der Waals surface area contributed by atoms with Crippen LogP contribution in [0.5, 0.6) is 0 Å². The van der Waals surface area contributed by atoms with Gasteiger partial charge in [-0.1, -0.05) is 18.2 Å². The third kappa shape index (κ3) is 2.88. The number of amides is 1. The Labute approximate surface area is 130 Å². The zero-order valence-electron chi connectivity index (χ0n) is 12.7. The number of nitrogens with zero attached hydrogens (tertiary/aromatic N) is 3. The molecule has 0 spiro atoms. The second-order valence-corrected chi connectivity index (χ2v) is 5.49. The quantitative estimate of drug-likeness (QED) is 0.920. The first-order valence-corrected chi connectivity index (χ1v) is 7.47. The van der Waals surface area contributed by atoms with E-state index in [0.29, 0.717) is 18.8 Å². The maximum Gasteiger partial charge on any atom is 0.253 e. The molecule has 0 saturated carbocycles. The van der Waals surface area contributed by atoms with E-state index in [1.165, 1.54) is 0 Å². The van der Waals surface area contributed by atoms with E-state index in [2.05, 4.69) is 9.88 Å². The molecule has 1 aromatic carbocycles. The van der Waals surface area contributed by atoms with Gasteiger partial charge in [0.05, 0.1) is 11.4 Å².